The zero-order valence-corrected chi connectivity index (χ0v) is 19.4. The first-order valence-electron chi connectivity index (χ1n) is 11.7. The van der Waals surface area contributed by atoms with Crippen LogP contribution >= 0.6 is 0 Å². The lowest BCUT2D eigenvalue weighted by atomic mass is 10.0. The molecule has 0 aliphatic carbocycles. The average molecular weight is 452 g/mol. The number of ether oxygens (including phenoxy) is 2. The Balaban J connectivity index is 1.57. The number of aromatic nitrogens is 2. The topological polar surface area (TPSA) is 73.2 Å². The van der Waals surface area contributed by atoms with Crippen molar-refractivity contribution in [1.82, 2.24) is 9.97 Å². The maximum Gasteiger partial charge on any atom is 0.130 e. The number of nitrogens with two attached hydrogens (primary N) is 1. The third-order valence-electron chi connectivity index (χ3n) is 6.16. The normalized spacial score (nSPS) is 11.2. The van der Waals surface area contributed by atoms with Crippen LogP contribution in [0.2, 0.25) is 0 Å². The van der Waals surface area contributed by atoms with Gasteiger partial charge in [0.2, 0.25) is 0 Å². The van der Waals surface area contributed by atoms with Crippen LogP contribution in [0.25, 0.3) is 33.2 Å². The largest absolute Gasteiger partial charge is 0.496 e. The molecule has 0 saturated heterocycles. The van der Waals surface area contributed by atoms with Gasteiger partial charge in [0.05, 0.1) is 24.0 Å². The lowest BCUT2D eigenvalue weighted by Crippen LogP contribution is -2.00. The molecule has 2 aromatic heterocycles. The SMILES string of the molecule is COc1cc(-c2[nH]c3ccc(OCc4ccccc4)cc3c2CCCCN)nc2ccccc12. The Morgan fingerprint density at radius 2 is 1.71 bits per heavy atom. The van der Waals surface area contributed by atoms with Crippen LogP contribution in [0.5, 0.6) is 11.5 Å². The number of nitrogens with one attached hydrogen (secondary N) is 1. The van der Waals surface area contributed by atoms with E-state index in [1.165, 1.54) is 5.56 Å². The van der Waals surface area contributed by atoms with Crippen molar-refractivity contribution in [3.8, 4) is 22.9 Å². The van der Waals surface area contributed by atoms with Crippen LogP contribution in [-0.2, 0) is 13.0 Å². The molecule has 3 N–H and O–H groups in total. The molecule has 5 rings (SSSR count). The standard InChI is InChI=1S/C29H29N3O2/c1-33-28-18-27(31-25-13-6-5-12-23(25)28)29-22(11-7-8-16-30)24-17-21(14-15-26(24)32-29)34-19-20-9-3-2-4-10-20/h2-6,9-10,12-15,17-18,32H,7-8,11,16,19,30H2,1H3. The van der Waals surface area contributed by atoms with Crippen molar-refractivity contribution in [2.45, 2.75) is 25.9 Å². The second-order valence-electron chi connectivity index (χ2n) is 8.43. The number of hydrogen-bond acceptors (Lipinski definition) is 4. The van der Waals surface area contributed by atoms with Crippen molar-refractivity contribution < 1.29 is 9.47 Å². The average Bonchev–Trinajstić information content (AvgIpc) is 3.25. The predicted molar refractivity (Wildman–Crippen MR) is 138 cm³/mol. The fourth-order valence-electron chi connectivity index (χ4n) is 4.42. The lowest BCUT2D eigenvalue weighted by molar-refractivity contribution is 0.306. The molecule has 5 aromatic rings. The maximum absolute atomic E-state index is 6.12. The van der Waals surface area contributed by atoms with Crippen LogP contribution < -0.4 is 15.2 Å². The van der Waals surface area contributed by atoms with Crippen molar-refractivity contribution >= 4 is 21.8 Å². The van der Waals surface area contributed by atoms with E-state index in [4.69, 9.17) is 20.2 Å². The van der Waals surface area contributed by atoms with Gasteiger partial charge in [0, 0.05) is 22.4 Å². The first-order valence-corrected chi connectivity index (χ1v) is 11.7. The van der Waals surface area contributed by atoms with Gasteiger partial charge in [-0.15, -0.1) is 0 Å². The number of aromatic amines is 1. The number of pyridine rings is 1. The highest BCUT2D eigenvalue weighted by molar-refractivity contribution is 5.93. The molecular formula is C29H29N3O2. The minimum Gasteiger partial charge on any atom is -0.496 e. The molecule has 5 heteroatoms. The Morgan fingerprint density at radius 3 is 2.53 bits per heavy atom. The molecule has 0 bridgehead atoms. The van der Waals surface area contributed by atoms with Gasteiger partial charge in [-0.1, -0.05) is 42.5 Å². The van der Waals surface area contributed by atoms with Crippen molar-refractivity contribution in [1.29, 1.82) is 0 Å². The Kier molecular flexibility index (Phi) is 6.45. The molecule has 34 heavy (non-hydrogen) atoms. The Labute approximate surface area is 199 Å². The van der Waals surface area contributed by atoms with Crippen LogP contribution in [0.3, 0.4) is 0 Å². The van der Waals surface area contributed by atoms with Gasteiger partial charge in [0.1, 0.15) is 18.1 Å². The number of aryl methyl sites for hydroxylation is 1. The Morgan fingerprint density at radius 1 is 0.882 bits per heavy atom. The Hall–Kier alpha value is -3.83. The van der Waals surface area contributed by atoms with Gasteiger partial charge in [-0.2, -0.15) is 0 Å². The van der Waals surface area contributed by atoms with Crippen LogP contribution in [-0.4, -0.2) is 23.6 Å². The van der Waals surface area contributed by atoms with E-state index in [-0.39, 0.29) is 0 Å². The van der Waals surface area contributed by atoms with E-state index in [1.54, 1.807) is 7.11 Å². The quantitative estimate of drug-likeness (QED) is 0.260. The van der Waals surface area contributed by atoms with Gasteiger partial charge >= 0.3 is 0 Å². The fraction of sp³-hybridized carbons (Fsp3) is 0.207. The molecule has 5 nitrogen and oxygen atoms in total. The summed E-state index contributed by atoms with van der Waals surface area (Å²) in [5.41, 5.74) is 12.1. The molecule has 0 aliphatic rings. The van der Waals surface area contributed by atoms with E-state index in [1.807, 2.05) is 54.6 Å². The zero-order valence-electron chi connectivity index (χ0n) is 19.4. The highest BCUT2D eigenvalue weighted by Gasteiger charge is 2.17. The summed E-state index contributed by atoms with van der Waals surface area (Å²) >= 11 is 0. The molecule has 0 unspecified atom stereocenters. The van der Waals surface area contributed by atoms with Gasteiger partial charge in [-0.05, 0) is 67.3 Å². The zero-order chi connectivity index (χ0) is 23.3. The molecule has 3 aromatic carbocycles. The van der Waals surface area contributed by atoms with Crippen LogP contribution in [0.15, 0.2) is 78.9 Å². The number of H-pyrrole nitrogens is 1. The number of para-hydroxylation sites is 1. The van der Waals surface area contributed by atoms with Crippen LogP contribution in [0.4, 0.5) is 0 Å². The molecule has 0 spiro atoms. The van der Waals surface area contributed by atoms with Gasteiger partial charge in [0.25, 0.3) is 0 Å². The molecule has 0 amide bonds. The van der Waals surface area contributed by atoms with Gasteiger partial charge in [0.15, 0.2) is 0 Å². The van der Waals surface area contributed by atoms with Crippen LogP contribution in [0, 0.1) is 0 Å². The minimum absolute atomic E-state index is 0.537. The summed E-state index contributed by atoms with van der Waals surface area (Å²) in [6.07, 6.45) is 2.90. The Bertz CT molecular complexity index is 1410. The predicted octanol–water partition coefficient (Wildman–Crippen LogP) is 6.25. The van der Waals surface area contributed by atoms with Crippen molar-refractivity contribution in [2.24, 2.45) is 5.73 Å². The summed E-state index contributed by atoms with van der Waals surface area (Å²) in [6.45, 7) is 1.22. The third-order valence-corrected chi connectivity index (χ3v) is 6.16. The van der Waals surface area contributed by atoms with E-state index in [2.05, 4.69) is 29.2 Å². The third kappa shape index (κ3) is 4.47. The molecule has 172 valence electrons. The second kappa shape index (κ2) is 9.98. The van der Waals surface area contributed by atoms with Gasteiger partial charge in [-0.3, -0.25) is 0 Å². The number of unbranched alkanes of at least 4 members (excludes halogenated alkanes) is 1. The minimum atomic E-state index is 0.537. The van der Waals surface area contributed by atoms with E-state index in [0.717, 1.165) is 69.5 Å². The fourth-order valence-corrected chi connectivity index (χ4v) is 4.42. The molecule has 2 heterocycles. The number of nitrogens with zero attached hydrogens (tertiary/aromatic N) is 1. The number of fused-ring (bicyclic) bond motifs is 2. The summed E-state index contributed by atoms with van der Waals surface area (Å²) < 4.78 is 11.8. The van der Waals surface area contributed by atoms with E-state index in [9.17, 15) is 0 Å². The summed E-state index contributed by atoms with van der Waals surface area (Å²) in [5, 5.41) is 2.16. The summed E-state index contributed by atoms with van der Waals surface area (Å²) in [4.78, 5) is 8.59. The van der Waals surface area contributed by atoms with Gasteiger partial charge < -0.3 is 20.2 Å². The molecular weight excluding hydrogens is 422 g/mol. The van der Waals surface area contributed by atoms with Gasteiger partial charge in [-0.25, -0.2) is 4.98 Å². The first-order chi connectivity index (χ1) is 16.8. The van der Waals surface area contributed by atoms with Crippen LogP contribution in [0.1, 0.15) is 24.0 Å². The molecule has 0 saturated carbocycles. The van der Waals surface area contributed by atoms with Crippen molar-refractivity contribution in [3.05, 3.63) is 90.0 Å². The molecule has 0 radical (unpaired) electrons. The molecule has 0 atom stereocenters. The first kappa shape index (κ1) is 22.0. The smallest absolute Gasteiger partial charge is 0.130 e. The number of hydrogen-bond donors (Lipinski definition) is 2. The van der Waals surface area contributed by atoms with E-state index < -0.39 is 0 Å². The monoisotopic (exact) mass is 451 g/mol. The molecule has 0 fully saturated rings. The number of methoxy groups -OCH3 is 1. The number of rotatable bonds is 9. The maximum atomic E-state index is 6.12. The van der Waals surface area contributed by atoms with Crippen molar-refractivity contribution in [3.63, 3.8) is 0 Å². The van der Waals surface area contributed by atoms with E-state index >= 15 is 0 Å². The summed E-state index contributed by atoms with van der Waals surface area (Å²) in [5.74, 6) is 1.67. The summed E-state index contributed by atoms with van der Waals surface area (Å²) in [7, 11) is 1.70. The number of benzene rings is 3. The molecule has 0 aliphatic heterocycles. The summed E-state index contributed by atoms with van der Waals surface area (Å²) in [6, 6.07) is 26.5. The van der Waals surface area contributed by atoms with Crippen molar-refractivity contribution in [2.75, 3.05) is 13.7 Å². The highest BCUT2D eigenvalue weighted by atomic mass is 16.5. The lowest BCUT2D eigenvalue weighted by Gasteiger charge is -2.10. The second-order valence-corrected chi connectivity index (χ2v) is 8.43. The van der Waals surface area contributed by atoms with E-state index in [0.29, 0.717) is 13.2 Å². The highest BCUT2D eigenvalue weighted by Crippen LogP contribution is 2.36.